The molecule has 2 aliphatic rings. The van der Waals surface area contributed by atoms with Crippen molar-refractivity contribution in [2.75, 3.05) is 0 Å². The number of allylic oxidation sites excluding steroid dienone is 1. The highest BCUT2D eigenvalue weighted by Gasteiger charge is 2.63. The second-order valence-corrected chi connectivity index (χ2v) is 7.23. The first-order valence-corrected chi connectivity index (χ1v) is 7.79. The molecule has 4 rings (SSSR count). The SMILES string of the molecule is CC12CCC(C(=Cc3nnc4ccccc4n3)C1=O)C2(C)C. The Morgan fingerprint density at radius 2 is 1.86 bits per heavy atom. The summed E-state index contributed by atoms with van der Waals surface area (Å²) >= 11 is 0. The van der Waals surface area contributed by atoms with Crippen molar-refractivity contribution in [2.24, 2.45) is 16.7 Å². The van der Waals surface area contributed by atoms with Gasteiger partial charge >= 0.3 is 0 Å². The minimum Gasteiger partial charge on any atom is -0.294 e. The van der Waals surface area contributed by atoms with Crippen molar-refractivity contribution in [3.63, 3.8) is 0 Å². The Morgan fingerprint density at radius 1 is 1.14 bits per heavy atom. The number of rotatable bonds is 1. The van der Waals surface area contributed by atoms with E-state index in [1.165, 1.54) is 0 Å². The van der Waals surface area contributed by atoms with Crippen LogP contribution in [0.2, 0.25) is 0 Å². The summed E-state index contributed by atoms with van der Waals surface area (Å²) in [6.45, 7) is 6.53. The van der Waals surface area contributed by atoms with Crippen LogP contribution in [-0.2, 0) is 4.79 Å². The number of hydrogen-bond donors (Lipinski definition) is 0. The molecule has 0 spiro atoms. The molecular formula is C18H19N3O. The average Bonchev–Trinajstić information content (AvgIpc) is 2.81. The quantitative estimate of drug-likeness (QED) is 0.756. The zero-order chi connectivity index (χ0) is 15.5. The largest absolute Gasteiger partial charge is 0.294 e. The van der Waals surface area contributed by atoms with Gasteiger partial charge in [0, 0.05) is 11.0 Å². The maximum atomic E-state index is 12.8. The Labute approximate surface area is 129 Å². The van der Waals surface area contributed by atoms with Gasteiger partial charge in [-0.3, -0.25) is 4.79 Å². The van der Waals surface area contributed by atoms with Crippen LogP contribution in [0.15, 0.2) is 29.8 Å². The molecule has 0 radical (unpaired) electrons. The van der Waals surface area contributed by atoms with E-state index in [-0.39, 0.29) is 16.6 Å². The molecule has 2 aromatic rings. The van der Waals surface area contributed by atoms with E-state index in [1.807, 2.05) is 30.3 Å². The summed E-state index contributed by atoms with van der Waals surface area (Å²) in [5.74, 6) is 1.11. The van der Waals surface area contributed by atoms with Crippen LogP contribution < -0.4 is 0 Å². The fourth-order valence-corrected chi connectivity index (χ4v) is 4.19. The summed E-state index contributed by atoms with van der Waals surface area (Å²) in [6, 6.07) is 7.65. The predicted octanol–water partition coefficient (Wildman–Crippen LogP) is 3.43. The van der Waals surface area contributed by atoms with E-state index in [1.54, 1.807) is 0 Å². The van der Waals surface area contributed by atoms with Gasteiger partial charge in [0.15, 0.2) is 11.6 Å². The number of aromatic nitrogens is 3. The van der Waals surface area contributed by atoms with Crippen LogP contribution in [0, 0.1) is 16.7 Å². The number of ketones is 1. The van der Waals surface area contributed by atoms with Crippen LogP contribution in [0.4, 0.5) is 0 Å². The molecule has 1 aromatic heterocycles. The van der Waals surface area contributed by atoms with Gasteiger partial charge in [-0.2, -0.15) is 0 Å². The smallest absolute Gasteiger partial charge is 0.175 e. The molecule has 4 nitrogen and oxygen atoms in total. The van der Waals surface area contributed by atoms with Gasteiger partial charge in [-0.1, -0.05) is 32.9 Å². The van der Waals surface area contributed by atoms with Crippen molar-refractivity contribution < 1.29 is 4.79 Å². The third-order valence-electron chi connectivity index (χ3n) is 6.03. The lowest BCUT2D eigenvalue weighted by molar-refractivity contribution is -0.125. The van der Waals surface area contributed by atoms with Crippen LogP contribution in [0.5, 0.6) is 0 Å². The van der Waals surface area contributed by atoms with Crippen molar-refractivity contribution in [3.05, 3.63) is 35.7 Å². The second-order valence-electron chi connectivity index (χ2n) is 7.23. The zero-order valence-electron chi connectivity index (χ0n) is 13.1. The molecule has 2 aliphatic carbocycles. The molecule has 1 aromatic carbocycles. The van der Waals surface area contributed by atoms with Gasteiger partial charge in [0.05, 0.1) is 5.52 Å². The normalized spacial score (nSPS) is 31.3. The second kappa shape index (κ2) is 4.22. The molecule has 112 valence electrons. The van der Waals surface area contributed by atoms with Gasteiger partial charge < -0.3 is 0 Å². The van der Waals surface area contributed by atoms with Gasteiger partial charge in [0.1, 0.15) is 5.52 Å². The van der Waals surface area contributed by atoms with Gasteiger partial charge in [-0.15, -0.1) is 10.2 Å². The third kappa shape index (κ3) is 1.58. The fraction of sp³-hybridized carbons (Fsp3) is 0.444. The topological polar surface area (TPSA) is 55.7 Å². The van der Waals surface area contributed by atoms with Gasteiger partial charge in [-0.05, 0) is 42.4 Å². The van der Waals surface area contributed by atoms with Crippen molar-refractivity contribution in [2.45, 2.75) is 33.6 Å². The van der Waals surface area contributed by atoms with Crippen LogP contribution in [0.3, 0.4) is 0 Å². The molecule has 22 heavy (non-hydrogen) atoms. The molecule has 0 aliphatic heterocycles. The lowest BCUT2D eigenvalue weighted by Crippen LogP contribution is -2.32. The molecule has 0 amide bonds. The lowest BCUT2D eigenvalue weighted by Gasteiger charge is -2.31. The van der Waals surface area contributed by atoms with Crippen molar-refractivity contribution in [1.29, 1.82) is 0 Å². The van der Waals surface area contributed by atoms with E-state index in [4.69, 9.17) is 0 Å². The van der Waals surface area contributed by atoms with Crippen LogP contribution in [0.1, 0.15) is 39.4 Å². The van der Waals surface area contributed by atoms with E-state index >= 15 is 0 Å². The molecule has 2 fully saturated rings. The number of carbonyl (C=O) groups is 1. The summed E-state index contributed by atoms with van der Waals surface area (Å²) in [7, 11) is 0. The molecule has 2 unspecified atom stereocenters. The molecule has 4 heteroatoms. The van der Waals surface area contributed by atoms with Gasteiger partial charge in [0.2, 0.25) is 0 Å². The van der Waals surface area contributed by atoms with Crippen molar-refractivity contribution in [1.82, 2.24) is 15.2 Å². The minimum absolute atomic E-state index is 0.0141. The highest BCUT2D eigenvalue weighted by molar-refractivity contribution is 6.07. The van der Waals surface area contributed by atoms with Crippen LogP contribution in [-0.4, -0.2) is 21.0 Å². The van der Waals surface area contributed by atoms with Crippen molar-refractivity contribution in [3.8, 4) is 0 Å². The average molecular weight is 293 g/mol. The Kier molecular flexibility index (Phi) is 2.60. The van der Waals surface area contributed by atoms with E-state index in [0.29, 0.717) is 11.7 Å². The van der Waals surface area contributed by atoms with E-state index in [9.17, 15) is 4.79 Å². The highest BCUT2D eigenvalue weighted by atomic mass is 16.1. The van der Waals surface area contributed by atoms with E-state index < -0.39 is 0 Å². The van der Waals surface area contributed by atoms with Gasteiger partial charge in [0.25, 0.3) is 0 Å². The lowest BCUT2D eigenvalue weighted by atomic mass is 9.70. The molecule has 0 saturated heterocycles. The number of benzene rings is 1. The molecule has 2 bridgehead atoms. The van der Waals surface area contributed by atoms with Gasteiger partial charge in [-0.25, -0.2) is 4.98 Å². The Hall–Kier alpha value is -2.10. The Bertz CT molecular complexity index is 824. The standard InChI is InChI=1S/C18H19N3O/c1-17(2)12-8-9-18(17,3)16(22)11(12)10-15-19-13-6-4-5-7-14(13)20-21-15/h4-7,10,12H,8-9H2,1-3H3. The summed E-state index contributed by atoms with van der Waals surface area (Å²) < 4.78 is 0. The number of hydrogen-bond acceptors (Lipinski definition) is 4. The van der Waals surface area contributed by atoms with Crippen molar-refractivity contribution >= 4 is 22.9 Å². The molecule has 1 heterocycles. The van der Waals surface area contributed by atoms with E-state index in [0.717, 1.165) is 29.4 Å². The first kappa shape index (κ1) is 13.6. The molecular weight excluding hydrogens is 274 g/mol. The Balaban J connectivity index is 1.81. The van der Waals surface area contributed by atoms with Crippen LogP contribution >= 0.6 is 0 Å². The summed E-state index contributed by atoms with van der Waals surface area (Å²) in [5.41, 5.74) is 2.24. The van der Waals surface area contributed by atoms with E-state index in [2.05, 4.69) is 36.0 Å². The Morgan fingerprint density at radius 3 is 2.55 bits per heavy atom. The summed E-state index contributed by atoms with van der Waals surface area (Å²) in [5, 5.41) is 8.36. The first-order valence-electron chi connectivity index (χ1n) is 7.79. The number of nitrogens with zero attached hydrogens (tertiary/aromatic N) is 3. The maximum absolute atomic E-state index is 12.8. The zero-order valence-corrected chi connectivity index (χ0v) is 13.1. The third-order valence-corrected chi connectivity index (χ3v) is 6.03. The minimum atomic E-state index is -0.242. The molecule has 2 atom stereocenters. The fourth-order valence-electron chi connectivity index (χ4n) is 4.19. The number of para-hydroxylation sites is 1. The molecule has 0 N–H and O–H groups in total. The highest BCUT2D eigenvalue weighted by Crippen LogP contribution is 2.65. The molecule has 2 saturated carbocycles. The first-order chi connectivity index (χ1) is 10.4. The maximum Gasteiger partial charge on any atom is 0.175 e. The summed E-state index contributed by atoms with van der Waals surface area (Å²) in [6.07, 6.45) is 3.92. The number of Topliss-reactive ketones (excluding diaryl/α,β-unsaturated/α-hetero) is 1. The number of fused-ring (bicyclic) bond motifs is 3. The monoisotopic (exact) mass is 293 g/mol. The summed E-state index contributed by atoms with van der Waals surface area (Å²) in [4.78, 5) is 17.4. The number of carbonyl (C=O) groups excluding carboxylic acids is 1. The predicted molar refractivity (Wildman–Crippen MR) is 84.9 cm³/mol. The van der Waals surface area contributed by atoms with Crippen LogP contribution in [0.25, 0.3) is 17.1 Å².